The van der Waals surface area contributed by atoms with Crippen LogP contribution in [0.25, 0.3) is 0 Å². The van der Waals surface area contributed by atoms with E-state index < -0.39 is 71.9 Å². The zero-order valence-electron chi connectivity index (χ0n) is 32.9. The van der Waals surface area contributed by atoms with Gasteiger partial charge < -0.3 is 58.1 Å². The molecule has 0 aliphatic rings. The van der Waals surface area contributed by atoms with E-state index in [1.807, 2.05) is 41.5 Å². The number of ether oxygens (including phenoxy) is 6. The Morgan fingerprint density at radius 2 is 0.538 bits per heavy atom. The molecule has 0 spiro atoms. The van der Waals surface area contributed by atoms with Crippen LogP contribution in [-0.4, -0.2) is 110 Å². The van der Waals surface area contributed by atoms with E-state index in [1.54, 1.807) is 20.8 Å². The van der Waals surface area contributed by atoms with Gasteiger partial charge in [-0.2, -0.15) is 0 Å². The Labute approximate surface area is 320 Å². The summed E-state index contributed by atoms with van der Waals surface area (Å²) in [4.78, 5) is 65.2. The Morgan fingerprint density at radius 1 is 0.385 bits per heavy atom. The Kier molecular flexibility index (Phi) is 36.1. The van der Waals surface area contributed by atoms with Crippen LogP contribution in [0.1, 0.15) is 139 Å². The minimum absolute atomic E-state index is 0. The van der Waals surface area contributed by atoms with Crippen molar-refractivity contribution in [3.05, 3.63) is 0 Å². The maximum Gasteiger partial charge on any atom is 3.00 e. The molecule has 0 unspecified atom stereocenters. The summed E-state index contributed by atoms with van der Waals surface area (Å²) in [5.41, 5.74) is 0. The van der Waals surface area contributed by atoms with Crippen LogP contribution in [0, 0.1) is 0 Å². The summed E-state index contributed by atoms with van der Waals surface area (Å²) < 4.78 is 32.9. The fourth-order valence-electron chi connectivity index (χ4n) is 4.08. The second-order valence-corrected chi connectivity index (χ2v) is 12.3. The van der Waals surface area contributed by atoms with Crippen LogP contribution in [0.15, 0.2) is 0 Å². The second kappa shape index (κ2) is 33.3. The first-order valence-corrected chi connectivity index (χ1v) is 17.8. The molecule has 0 aromatic heterocycles. The molecule has 0 N–H and O–H groups in total. The van der Waals surface area contributed by atoms with Crippen molar-refractivity contribution in [2.45, 2.75) is 157 Å². The number of hydrogen-bond acceptors (Lipinski definition) is 15. The van der Waals surface area contributed by atoms with E-state index in [2.05, 4.69) is 0 Å². The SMILES string of the molecule is CCCOC(C)(CC(=O)CC(=O)[O-])OCCC.CCCOC(C)(CC(=O)CC(=O)[O-])OCCC.CCCOC(C)(CC(=O)CC(=O)[O-])OCCC.[Al+3]. The minimum Gasteiger partial charge on any atom is -0.550 e. The van der Waals surface area contributed by atoms with Crippen LogP contribution >= 0.6 is 0 Å². The predicted octanol–water partition coefficient (Wildman–Crippen LogP) is 1.58. The molecule has 300 valence electrons. The molecule has 0 heterocycles. The zero-order valence-corrected chi connectivity index (χ0v) is 34.1. The molecule has 0 radical (unpaired) electrons. The van der Waals surface area contributed by atoms with Crippen molar-refractivity contribution in [2.75, 3.05) is 39.6 Å². The first-order chi connectivity index (χ1) is 23.8. The van der Waals surface area contributed by atoms with Crippen LogP contribution in [0.4, 0.5) is 0 Å². The van der Waals surface area contributed by atoms with Gasteiger partial charge in [-0.05, 0) is 59.3 Å². The van der Waals surface area contributed by atoms with Gasteiger partial charge in [0.05, 0.1) is 19.3 Å². The molecule has 0 amide bonds. The van der Waals surface area contributed by atoms with Crippen LogP contribution < -0.4 is 15.3 Å². The van der Waals surface area contributed by atoms with E-state index in [1.165, 1.54) is 0 Å². The summed E-state index contributed by atoms with van der Waals surface area (Å²) in [6.45, 7) is 19.5. The topological polar surface area (TPSA) is 227 Å². The number of ketones is 3. The van der Waals surface area contributed by atoms with Crippen molar-refractivity contribution in [1.29, 1.82) is 0 Å². The third-order valence-electron chi connectivity index (χ3n) is 6.25. The maximum atomic E-state index is 11.4. The maximum absolute atomic E-state index is 11.4. The molecule has 0 atom stereocenters. The number of Topliss-reactive ketones (excluding diaryl/α,β-unsaturated/α-hetero) is 3. The summed E-state index contributed by atoms with van der Waals surface area (Å²) in [7, 11) is 0. The number of hydrogen-bond donors (Lipinski definition) is 0. The predicted molar refractivity (Wildman–Crippen MR) is 186 cm³/mol. The number of carboxylic acid groups (broad SMARTS) is 3. The first kappa shape index (κ1) is 56.5. The first-order valence-electron chi connectivity index (χ1n) is 17.8. The number of rotatable bonds is 30. The third kappa shape index (κ3) is 34.8. The van der Waals surface area contributed by atoms with Gasteiger partial charge >= 0.3 is 17.4 Å². The Bertz CT molecular complexity index is 855. The fourth-order valence-corrected chi connectivity index (χ4v) is 4.08. The van der Waals surface area contributed by atoms with Gasteiger partial charge in [0.1, 0.15) is 17.3 Å². The average molecular weight is 763 g/mol. The molecule has 15 nitrogen and oxygen atoms in total. The standard InChI is InChI=1S/3C12H22O5.Al/c3*1-4-6-16-12(3,17-7-5-2)9-10(13)8-11(14)15;/h3*4-9H2,1-3H3,(H,14,15);/q;;;+3/p-3. The van der Waals surface area contributed by atoms with Crippen LogP contribution in [0.5, 0.6) is 0 Å². The van der Waals surface area contributed by atoms with Crippen molar-refractivity contribution in [3.63, 3.8) is 0 Å². The van der Waals surface area contributed by atoms with Crippen molar-refractivity contribution in [3.8, 4) is 0 Å². The Hall–Kier alpha value is -2.29. The molecule has 0 saturated carbocycles. The average Bonchev–Trinajstić information content (AvgIpc) is 3.02. The number of aliphatic carboxylic acids is 3. The molecule has 0 fully saturated rings. The summed E-state index contributed by atoms with van der Waals surface area (Å²) in [6.07, 6.45) is 2.84. The Morgan fingerprint density at radius 3 is 0.654 bits per heavy atom. The molecule has 16 heteroatoms. The summed E-state index contributed by atoms with van der Waals surface area (Å²) in [6, 6.07) is 0. The summed E-state index contributed by atoms with van der Waals surface area (Å²) >= 11 is 0. The molecule has 0 aromatic rings. The summed E-state index contributed by atoms with van der Waals surface area (Å²) in [5, 5.41) is 30.9. The molecule has 0 saturated heterocycles. The molecule has 0 aliphatic heterocycles. The molecule has 52 heavy (non-hydrogen) atoms. The van der Waals surface area contributed by atoms with E-state index in [0.29, 0.717) is 39.6 Å². The monoisotopic (exact) mass is 762 g/mol. The molecular weight excluding hydrogens is 699 g/mol. The molecular formula is C36H63AlO15. The summed E-state index contributed by atoms with van der Waals surface area (Å²) in [5.74, 6) is -8.54. The van der Waals surface area contributed by atoms with Crippen molar-refractivity contribution in [2.24, 2.45) is 0 Å². The quantitative estimate of drug-likeness (QED) is 0.0575. The van der Waals surface area contributed by atoms with Crippen LogP contribution in [-0.2, 0) is 57.2 Å². The Balaban J connectivity index is -0.000000329. The van der Waals surface area contributed by atoms with E-state index in [9.17, 15) is 44.1 Å². The number of carboxylic acids is 3. The third-order valence-corrected chi connectivity index (χ3v) is 6.25. The van der Waals surface area contributed by atoms with E-state index >= 15 is 0 Å². The van der Waals surface area contributed by atoms with Gasteiger partial charge in [-0.3, -0.25) is 14.4 Å². The van der Waals surface area contributed by atoms with Gasteiger partial charge in [-0.15, -0.1) is 0 Å². The normalized spacial score (nSPS) is 11.2. The van der Waals surface area contributed by atoms with Crippen LogP contribution in [0.3, 0.4) is 0 Å². The van der Waals surface area contributed by atoms with Gasteiger partial charge in [-0.1, -0.05) is 41.5 Å². The molecule has 0 bridgehead atoms. The number of carbonyl (C=O) groups excluding carboxylic acids is 6. The second-order valence-electron chi connectivity index (χ2n) is 12.3. The van der Waals surface area contributed by atoms with Crippen molar-refractivity contribution in [1.82, 2.24) is 0 Å². The van der Waals surface area contributed by atoms with Crippen LogP contribution in [0.2, 0.25) is 0 Å². The van der Waals surface area contributed by atoms with E-state index in [-0.39, 0.29) is 36.6 Å². The molecule has 0 rings (SSSR count). The molecule has 0 aromatic carbocycles. The minimum atomic E-state index is -1.37. The smallest absolute Gasteiger partial charge is 0.550 e. The van der Waals surface area contributed by atoms with Gasteiger partial charge in [0.25, 0.3) is 0 Å². The number of carbonyl (C=O) groups is 6. The van der Waals surface area contributed by atoms with Gasteiger partial charge in [0, 0.05) is 76.8 Å². The van der Waals surface area contributed by atoms with E-state index in [0.717, 1.165) is 38.5 Å². The molecule has 0 aliphatic carbocycles. The van der Waals surface area contributed by atoms with Crippen molar-refractivity contribution < 1.29 is 72.5 Å². The van der Waals surface area contributed by atoms with Gasteiger partial charge in [0.15, 0.2) is 17.4 Å². The zero-order chi connectivity index (χ0) is 39.9. The largest absolute Gasteiger partial charge is 3.00 e. The van der Waals surface area contributed by atoms with E-state index in [4.69, 9.17) is 28.4 Å². The van der Waals surface area contributed by atoms with Gasteiger partial charge in [-0.25, -0.2) is 0 Å². The fraction of sp³-hybridized carbons (Fsp3) is 0.833. The van der Waals surface area contributed by atoms with Gasteiger partial charge in [0.2, 0.25) is 0 Å². The van der Waals surface area contributed by atoms with Crippen molar-refractivity contribution >= 4 is 52.6 Å².